The molecule has 1 saturated heterocycles. The molecule has 0 unspecified atom stereocenters. The highest BCUT2D eigenvalue weighted by Crippen LogP contribution is 2.35. The predicted octanol–water partition coefficient (Wildman–Crippen LogP) is 5.80. The summed E-state index contributed by atoms with van der Waals surface area (Å²) in [7, 11) is 0. The molecule has 1 amide bonds. The summed E-state index contributed by atoms with van der Waals surface area (Å²) in [6.45, 7) is 7.36. The molecule has 0 saturated carbocycles. The molecule has 1 aliphatic heterocycles. The highest BCUT2D eigenvalue weighted by atomic mass is 32.2. The molecule has 2 heterocycles. The van der Waals surface area contributed by atoms with Crippen molar-refractivity contribution in [1.82, 2.24) is 14.7 Å². The molecule has 5 nitrogen and oxygen atoms in total. The molecule has 164 valence electrons. The molecule has 1 fully saturated rings. The van der Waals surface area contributed by atoms with Gasteiger partial charge in [0.15, 0.2) is 0 Å². The van der Waals surface area contributed by atoms with Crippen molar-refractivity contribution in [3.63, 3.8) is 0 Å². The van der Waals surface area contributed by atoms with Crippen LogP contribution in [0.15, 0.2) is 65.7 Å². The molecule has 0 N–H and O–H groups in total. The van der Waals surface area contributed by atoms with Crippen molar-refractivity contribution in [2.24, 2.45) is 5.92 Å². The number of ether oxygens (including phenoxy) is 1. The van der Waals surface area contributed by atoms with E-state index in [2.05, 4.69) is 13.8 Å². The van der Waals surface area contributed by atoms with E-state index >= 15 is 0 Å². The molecule has 0 radical (unpaired) electrons. The molecule has 1 aliphatic rings. The van der Waals surface area contributed by atoms with E-state index in [-0.39, 0.29) is 5.91 Å². The summed E-state index contributed by atoms with van der Waals surface area (Å²) in [5, 5.41) is 4.84. The lowest BCUT2D eigenvalue weighted by Gasteiger charge is -2.16. The lowest BCUT2D eigenvalue weighted by atomic mass is 10.1. The predicted molar refractivity (Wildman–Crippen MR) is 135 cm³/mol. The Kier molecular flexibility index (Phi) is 6.77. The monoisotopic (exact) mass is 463 g/mol. The number of rotatable bonds is 7. The van der Waals surface area contributed by atoms with Crippen LogP contribution in [0.3, 0.4) is 0 Å². The van der Waals surface area contributed by atoms with Crippen LogP contribution in [0.5, 0.6) is 5.75 Å². The normalized spacial score (nSPS) is 15.2. The van der Waals surface area contributed by atoms with Crippen LogP contribution in [0.2, 0.25) is 0 Å². The number of amides is 1. The second-order valence-corrected chi connectivity index (χ2v) is 9.53. The number of thiocarbonyl (C=S) groups is 1. The van der Waals surface area contributed by atoms with E-state index in [0.717, 1.165) is 28.3 Å². The van der Waals surface area contributed by atoms with Gasteiger partial charge in [-0.05, 0) is 55.3 Å². The molecule has 2 aromatic carbocycles. The molecular weight excluding hydrogens is 438 g/mol. The molecule has 4 rings (SSSR count). The first-order valence-electron chi connectivity index (χ1n) is 10.6. The van der Waals surface area contributed by atoms with Crippen LogP contribution in [0.4, 0.5) is 0 Å². The minimum absolute atomic E-state index is 0.0428. The molecular formula is C25H25N3O2S2. The van der Waals surface area contributed by atoms with Gasteiger partial charge in [0.05, 0.1) is 22.9 Å². The maximum atomic E-state index is 13.0. The Morgan fingerprint density at radius 2 is 1.84 bits per heavy atom. The Bertz CT molecular complexity index is 1150. The van der Waals surface area contributed by atoms with Crippen LogP contribution in [-0.2, 0) is 4.79 Å². The Morgan fingerprint density at radius 1 is 1.12 bits per heavy atom. The third-order valence-electron chi connectivity index (χ3n) is 4.91. The van der Waals surface area contributed by atoms with Gasteiger partial charge in [0.2, 0.25) is 0 Å². The fourth-order valence-corrected chi connectivity index (χ4v) is 4.74. The van der Waals surface area contributed by atoms with Gasteiger partial charge in [-0.25, -0.2) is 4.68 Å². The molecule has 0 atom stereocenters. The highest BCUT2D eigenvalue weighted by molar-refractivity contribution is 8.26. The number of hydrogen-bond donors (Lipinski definition) is 0. The summed E-state index contributed by atoms with van der Waals surface area (Å²) in [6, 6.07) is 17.8. The number of carbonyl (C=O) groups excluding carboxylic acids is 1. The number of carbonyl (C=O) groups is 1. The molecule has 3 aromatic rings. The van der Waals surface area contributed by atoms with Gasteiger partial charge in [0, 0.05) is 23.9 Å². The number of nitrogens with zero attached hydrogens (tertiary/aromatic N) is 3. The molecule has 0 bridgehead atoms. The van der Waals surface area contributed by atoms with Crippen LogP contribution in [0, 0.1) is 5.92 Å². The largest absolute Gasteiger partial charge is 0.494 e. The van der Waals surface area contributed by atoms with E-state index < -0.39 is 0 Å². The first kappa shape index (κ1) is 22.3. The summed E-state index contributed by atoms with van der Waals surface area (Å²) in [5.41, 5.74) is 3.56. The second-order valence-electron chi connectivity index (χ2n) is 7.86. The van der Waals surface area contributed by atoms with E-state index in [1.54, 1.807) is 4.90 Å². The fraction of sp³-hybridized carbons (Fsp3) is 0.240. The molecule has 1 aromatic heterocycles. The first-order chi connectivity index (χ1) is 15.5. The van der Waals surface area contributed by atoms with E-state index in [9.17, 15) is 4.79 Å². The van der Waals surface area contributed by atoms with Crippen molar-refractivity contribution in [3.05, 3.63) is 71.3 Å². The Balaban J connectivity index is 1.75. The van der Waals surface area contributed by atoms with Crippen molar-refractivity contribution >= 4 is 40.3 Å². The van der Waals surface area contributed by atoms with Crippen LogP contribution in [0.25, 0.3) is 23.0 Å². The van der Waals surface area contributed by atoms with Crippen LogP contribution < -0.4 is 4.74 Å². The third-order valence-corrected chi connectivity index (χ3v) is 6.29. The molecule has 0 spiro atoms. The Labute approximate surface area is 198 Å². The van der Waals surface area contributed by atoms with E-state index in [4.69, 9.17) is 22.1 Å². The minimum atomic E-state index is -0.0428. The quantitative estimate of drug-likeness (QED) is 0.328. The van der Waals surface area contributed by atoms with Crippen LogP contribution in [0.1, 0.15) is 26.3 Å². The van der Waals surface area contributed by atoms with Gasteiger partial charge < -0.3 is 4.74 Å². The van der Waals surface area contributed by atoms with E-state index in [1.807, 2.05) is 78.5 Å². The van der Waals surface area contributed by atoms with Crippen molar-refractivity contribution in [3.8, 4) is 22.7 Å². The van der Waals surface area contributed by atoms with Crippen molar-refractivity contribution in [1.29, 1.82) is 0 Å². The van der Waals surface area contributed by atoms with Gasteiger partial charge in [-0.2, -0.15) is 5.10 Å². The smallest absolute Gasteiger partial charge is 0.266 e. The summed E-state index contributed by atoms with van der Waals surface area (Å²) >= 11 is 6.82. The summed E-state index contributed by atoms with van der Waals surface area (Å²) < 4.78 is 8.02. The lowest BCUT2D eigenvalue weighted by molar-refractivity contribution is -0.122. The van der Waals surface area contributed by atoms with Crippen molar-refractivity contribution in [2.75, 3.05) is 13.2 Å². The molecule has 0 aliphatic carbocycles. The fourth-order valence-electron chi connectivity index (χ4n) is 3.47. The summed E-state index contributed by atoms with van der Waals surface area (Å²) in [5.74, 6) is 1.12. The maximum absolute atomic E-state index is 13.0. The SMILES string of the molecule is CCOc1ccc(-c2nn(-c3ccccc3)cc2/C=C2\SC(=S)N(CC(C)C)C2=O)cc1. The lowest BCUT2D eigenvalue weighted by Crippen LogP contribution is -2.31. The van der Waals surface area contributed by atoms with E-state index in [0.29, 0.717) is 28.3 Å². The average Bonchev–Trinajstić information content (AvgIpc) is 3.32. The van der Waals surface area contributed by atoms with Gasteiger partial charge in [-0.1, -0.05) is 56.0 Å². The van der Waals surface area contributed by atoms with Crippen LogP contribution in [-0.4, -0.2) is 38.1 Å². The molecule has 32 heavy (non-hydrogen) atoms. The zero-order valence-corrected chi connectivity index (χ0v) is 20.0. The first-order valence-corrected chi connectivity index (χ1v) is 11.8. The third kappa shape index (κ3) is 4.79. The number of hydrogen-bond acceptors (Lipinski definition) is 5. The summed E-state index contributed by atoms with van der Waals surface area (Å²) in [6.07, 6.45) is 3.86. The van der Waals surface area contributed by atoms with Crippen molar-refractivity contribution < 1.29 is 9.53 Å². The average molecular weight is 464 g/mol. The van der Waals surface area contributed by atoms with Crippen LogP contribution >= 0.6 is 24.0 Å². The topological polar surface area (TPSA) is 47.4 Å². The van der Waals surface area contributed by atoms with Crippen molar-refractivity contribution in [2.45, 2.75) is 20.8 Å². The minimum Gasteiger partial charge on any atom is -0.494 e. The van der Waals surface area contributed by atoms with Gasteiger partial charge in [-0.15, -0.1) is 0 Å². The van der Waals surface area contributed by atoms with Gasteiger partial charge in [-0.3, -0.25) is 9.69 Å². The number of thioether (sulfide) groups is 1. The molecule has 7 heteroatoms. The van der Waals surface area contributed by atoms with Gasteiger partial charge in [0.1, 0.15) is 10.1 Å². The summed E-state index contributed by atoms with van der Waals surface area (Å²) in [4.78, 5) is 15.3. The zero-order valence-electron chi connectivity index (χ0n) is 18.3. The standard InChI is InChI=1S/C25H25N3O2S2/c1-4-30-21-12-10-18(11-13-21)23-19(16-28(26-23)20-8-6-5-7-9-20)14-22-24(29)27(15-17(2)3)25(31)32-22/h5-14,16-17H,4,15H2,1-3H3/b22-14-. The van der Waals surface area contributed by atoms with Gasteiger partial charge in [0.25, 0.3) is 5.91 Å². The number of para-hydroxylation sites is 1. The van der Waals surface area contributed by atoms with Gasteiger partial charge >= 0.3 is 0 Å². The highest BCUT2D eigenvalue weighted by Gasteiger charge is 2.32. The zero-order chi connectivity index (χ0) is 22.7. The maximum Gasteiger partial charge on any atom is 0.266 e. The Morgan fingerprint density at radius 3 is 2.50 bits per heavy atom. The second kappa shape index (κ2) is 9.71. The number of aromatic nitrogens is 2. The number of benzene rings is 2. The van der Waals surface area contributed by atoms with E-state index in [1.165, 1.54) is 11.8 Å². The Hall–Kier alpha value is -2.90.